The number of hydrogen-bond donors (Lipinski definition) is 1. The number of aryl methyl sites for hydroxylation is 1. The van der Waals surface area contributed by atoms with Gasteiger partial charge < -0.3 is 15.0 Å². The highest BCUT2D eigenvalue weighted by atomic mass is 16.6. The normalized spacial score (nSPS) is 22.2. The number of fused-ring (bicyclic) bond motifs is 2. The molecule has 1 fully saturated rings. The number of anilines is 1. The molecular formula is C29H41N5O2. The predicted molar refractivity (Wildman–Crippen MR) is 143 cm³/mol. The van der Waals surface area contributed by atoms with Gasteiger partial charge in [0, 0.05) is 51.2 Å². The third-order valence-corrected chi connectivity index (χ3v) is 7.75. The van der Waals surface area contributed by atoms with E-state index < -0.39 is 5.60 Å². The van der Waals surface area contributed by atoms with Gasteiger partial charge in [-0.15, -0.1) is 0 Å². The van der Waals surface area contributed by atoms with Crippen LogP contribution in [0.2, 0.25) is 0 Å². The van der Waals surface area contributed by atoms with Crippen LogP contribution in [0.5, 0.6) is 0 Å². The molecule has 1 aliphatic carbocycles. The van der Waals surface area contributed by atoms with E-state index in [-0.39, 0.29) is 18.2 Å². The molecule has 1 amide bonds. The molecule has 3 aliphatic rings. The van der Waals surface area contributed by atoms with E-state index in [1.807, 2.05) is 37.9 Å². The summed E-state index contributed by atoms with van der Waals surface area (Å²) in [4.78, 5) is 25.1. The number of carbonyl (C=O) groups excluding carboxylic acids is 1. The van der Waals surface area contributed by atoms with Crippen molar-refractivity contribution in [3.63, 3.8) is 0 Å². The molecule has 1 saturated heterocycles. The molecule has 0 radical (unpaired) electrons. The van der Waals surface area contributed by atoms with Crippen molar-refractivity contribution in [2.75, 3.05) is 44.7 Å². The van der Waals surface area contributed by atoms with E-state index in [0.717, 1.165) is 52.0 Å². The van der Waals surface area contributed by atoms with E-state index >= 15 is 0 Å². The number of nitrogens with zero attached hydrogens (tertiary/aromatic N) is 4. The molecule has 2 aliphatic heterocycles. The summed E-state index contributed by atoms with van der Waals surface area (Å²) in [7, 11) is 2.19. The molecule has 0 saturated carbocycles. The second-order valence-electron chi connectivity index (χ2n) is 11.5. The number of carbonyl (C=O) groups is 1. The van der Waals surface area contributed by atoms with Gasteiger partial charge in [0.05, 0.1) is 17.8 Å². The molecule has 7 heteroatoms. The predicted octanol–water partition coefficient (Wildman–Crippen LogP) is 4.16. The first-order valence-corrected chi connectivity index (χ1v) is 13.5. The molecule has 2 atom stereocenters. The lowest BCUT2D eigenvalue weighted by Crippen LogP contribution is -2.52. The number of likely N-dealkylation sites (N-methyl/N-ethyl adjacent to an activating group) is 1. The third kappa shape index (κ3) is 5.37. The standard InChI is InChI=1S/C29H41N5O2/c1-29(2,3)36-28(35)34-19-22-9-6-11-25(33-16-14-30-15-17-33)24(22)18-23(34)20-32(4)26-12-5-8-21-10-7-13-31-27(21)26/h6-7,9-11,13,23,26,30H,5,8,12,14-20H2,1-4H3/t23-,26+/m1/s1. The summed E-state index contributed by atoms with van der Waals surface area (Å²) < 4.78 is 5.89. The highest BCUT2D eigenvalue weighted by Crippen LogP contribution is 2.36. The molecule has 1 N–H and O–H groups in total. The van der Waals surface area contributed by atoms with Crippen molar-refractivity contribution in [2.45, 2.75) is 70.7 Å². The Morgan fingerprint density at radius 2 is 1.94 bits per heavy atom. The van der Waals surface area contributed by atoms with Gasteiger partial charge in [-0.1, -0.05) is 18.2 Å². The summed E-state index contributed by atoms with van der Waals surface area (Å²) in [5, 5.41) is 3.46. The first kappa shape index (κ1) is 25.0. The molecule has 194 valence electrons. The summed E-state index contributed by atoms with van der Waals surface area (Å²) in [6, 6.07) is 11.2. The fraction of sp³-hybridized carbons (Fsp3) is 0.586. The van der Waals surface area contributed by atoms with Crippen LogP contribution in [0, 0.1) is 0 Å². The smallest absolute Gasteiger partial charge is 0.410 e. The molecular weight excluding hydrogens is 450 g/mol. The molecule has 1 aromatic heterocycles. The first-order chi connectivity index (χ1) is 17.3. The van der Waals surface area contributed by atoms with Gasteiger partial charge >= 0.3 is 6.09 Å². The Morgan fingerprint density at radius 3 is 2.72 bits per heavy atom. The lowest BCUT2D eigenvalue weighted by molar-refractivity contribution is 0.00646. The largest absolute Gasteiger partial charge is 0.444 e. The lowest BCUT2D eigenvalue weighted by atomic mass is 9.89. The van der Waals surface area contributed by atoms with E-state index in [0.29, 0.717) is 6.54 Å². The number of ether oxygens (including phenoxy) is 1. The number of amides is 1. The molecule has 0 spiro atoms. The Morgan fingerprint density at radius 1 is 1.17 bits per heavy atom. The zero-order chi connectivity index (χ0) is 25.3. The van der Waals surface area contributed by atoms with Crippen molar-refractivity contribution in [1.82, 2.24) is 20.1 Å². The van der Waals surface area contributed by atoms with E-state index in [9.17, 15) is 4.79 Å². The molecule has 0 bridgehead atoms. The average Bonchev–Trinajstić information content (AvgIpc) is 2.87. The Labute approximate surface area is 215 Å². The second kappa shape index (κ2) is 10.4. The number of nitrogens with one attached hydrogen (secondary N) is 1. The van der Waals surface area contributed by atoms with Crippen molar-refractivity contribution >= 4 is 11.8 Å². The number of piperazine rings is 1. The van der Waals surface area contributed by atoms with Crippen molar-refractivity contribution in [2.24, 2.45) is 0 Å². The topological polar surface area (TPSA) is 60.9 Å². The first-order valence-electron chi connectivity index (χ1n) is 13.5. The molecule has 2 aromatic rings. The monoisotopic (exact) mass is 491 g/mol. The number of aromatic nitrogens is 1. The zero-order valence-corrected chi connectivity index (χ0v) is 22.3. The molecule has 5 rings (SSSR count). The van der Waals surface area contributed by atoms with Gasteiger partial charge in [-0.2, -0.15) is 0 Å². The fourth-order valence-electron chi connectivity index (χ4n) is 6.04. The summed E-state index contributed by atoms with van der Waals surface area (Å²) in [5.41, 5.74) is 5.99. The Balaban J connectivity index is 1.43. The van der Waals surface area contributed by atoms with Crippen LogP contribution in [0.4, 0.5) is 10.5 Å². The van der Waals surface area contributed by atoms with E-state index in [1.165, 1.54) is 34.5 Å². The molecule has 36 heavy (non-hydrogen) atoms. The minimum Gasteiger partial charge on any atom is -0.444 e. The number of rotatable bonds is 4. The molecule has 7 nitrogen and oxygen atoms in total. The maximum atomic E-state index is 13.4. The number of pyridine rings is 1. The van der Waals surface area contributed by atoms with Crippen LogP contribution in [0.25, 0.3) is 0 Å². The van der Waals surface area contributed by atoms with Crippen LogP contribution in [-0.2, 0) is 24.1 Å². The average molecular weight is 492 g/mol. The van der Waals surface area contributed by atoms with Crippen LogP contribution in [0.1, 0.15) is 62.0 Å². The fourth-order valence-corrected chi connectivity index (χ4v) is 6.04. The van der Waals surface area contributed by atoms with Crippen molar-refractivity contribution in [3.05, 3.63) is 58.9 Å². The number of benzene rings is 1. The van der Waals surface area contributed by atoms with Crippen molar-refractivity contribution < 1.29 is 9.53 Å². The van der Waals surface area contributed by atoms with Gasteiger partial charge in [0.2, 0.25) is 0 Å². The van der Waals surface area contributed by atoms with Gasteiger partial charge in [0.15, 0.2) is 0 Å². The van der Waals surface area contributed by atoms with Gasteiger partial charge in [-0.25, -0.2) is 4.79 Å². The van der Waals surface area contributed by atoms with Crippen LogP contribution in [-0.4, -0.2) is 72.3 Å². The van der Waals surface area contributed by atoms with Gasteiger partial charge in [-0.05, 0) is 82.3 Å². The highest BCUT2D eigenvalue weighted by molar-refractivity contribution is 5.70. The van der Waals surface area contributed by atoms with Crippen molar-refractivity contribution in [3.8, 4) is 0 Å². The van der Waals surface area contributed by atoms with E-state index in [4.69, 9.17) is 9.72 Å². The van der Waals surface area contributed by atoms with Gasteiger partial charge in [0.25, 0.3) is 0 Å². The second-order valence-corrected chi connectivity index (χ2v) is 11.5. The Hall–Kier alpha value is -2.64. The molecule has 0 unspecified atom stereocenters. The van der Waals surface area contributed by atoms with Crippen LogP contribution in [0.3, 0.4) is 0 Å². The number of hydrogen-bond acceptors (Lipinski definition) is 6. The third-order valence-electron chi connectivity index (χ3n) is 7.75. The van der Waals surface area contributed by atoms with Gasteiger partial charge in [0.1, 0.15) is 5.60 Å². The SMILES string of the molecule is CN(C[C@H]1Cc2c(cccc2N2CCNCC2)CN1C(=O)OC(C)(C)C)[C@H]1CCCc2cccnc21. The summed E-state index contributed by atoms with van der Waals surface area (Å²) in [5.74, 6) is 0. The Bertz CT molecular complexity index is 1080. The van der Waals surface area contributed by atoms with Crippen LogP contribution in [0.15, 0.2) is 36.5 Å². The highest BCUT2D eigenvalue weighted by Gasteiger charge is 2.36. The lowest BCUT2D eigenvalue weighted by Gasteiger charge is -2.43. The zero-order valence-electron chi connectivity index (χ0n) is 22.3. The van der Waals surface area contributed by atoms with Crippen molar-refractivity contribution in [1.29, 1.82) is 0 Å². The van der Waals surface area contributed by atoms with E-state index in [2.05, 4.69) is 46.4 Å². The summed E-state index contributed by atoms with van der Waals surface area (Å²) >= 11 is 0. The van der Waals surface area contributed by atoms with Crippen LogP contribution >= 0.6 is 0 Å². The minimum atomic E-state index is -0.525. The Kier molecular flexibility index (Phi) is 7.22. The summed E-state index contributed by atoms with van der Waals surface area (Å²) in [6.45, 7) is 11.2. The maximum Gasteiger partial charge on any atom is 0.410 e. The maximum absolute atomic E-state index is 13.4. The summed E-state index contributed by atoms with van der Waals surface area (Å²) in [6.07, 6.45) is 5.89. The van der Waals surface area contributed by atoms with Gasteiger partial charge in [-0.3, -0.25) is 14.8 Å². The van der Waals surface area contributed by atoms with Crippen LogP contribution < -0.4 is 10.2 Å². The quantitative estimate of drug-likeness (QED) is 0.693. The molecule has 1 aromatic carbocycles. The minimum absolute atomic E-state index is 0.0375. The van der Waals surface area contributed by atoms with E-state index in [1.54, 1.807) is 0 Å². The molecule has 3 heterocycles.